The molecule has 2 aliphatic rings. The summed E-state index contributed by atoms with van der Waals surface area (Å²) in [4.78, 5) is 14.9. The van der Waals surface area contributed by atoms with E-state index in [9.17, 15) is 4.79 Å². The number of rotatable bonds is 6. The molecule has 2 aliphatic heterocycles. The second kappa shape index (κ2) is 8.99. The van der Waals surface area contributed by atoms with Crippen molar-refractivity contribution >= 4 is 29.1 Å². The number of halogens is 2. The number of fused-ring (bicyclic) bond motifs is 1. The number of carbonyl (C=O) groups excluding carboxylic acids is 1. The van der Waals surface area contributed by atoms with E-state index < -0.39 is 0 Å². The molecule has 154 valence electrons. The summed E-state index contributed by atoms with van der Waals surface area (Å²) in [6.07, 6.45) is 10.5. The first kappa shape index (κ1) is 20.6. The van der Waals surface area contributed by atoms with Crippen molar-refractivity contribution in [1.29, 1.82) is 0 Å². The van der Waals surface area contributed by atoms with Gasteiger partial charge in [-0.05, 0) is 60.9 Å². The van der Waals surface area contributed by atoms with Crippen molar-refractivity contribution in [2.45, 2.75) is 31.5 Å². The quantitative estimate of drug-likeness (QED) is 0.666. The molecule has 0 aliphatic carbocycles. The van der Waals surface area contributed by atoms with Crippen LogP contribution in [-0.2, 0) is 11.2 Å². The van der Waals surface area contributed by atoms with Gasteiger partial charge in [-0.2, -0.15) is 0 Å². The summed E-state index contributed by atoms with van der Waals surface area (Å²) in [5.41, 5.74) is 2.84. The molecule has 30 heavy (non-hydrogen) atoms. The summed E-state index contributed by atoms with van der Waals surface area (Å²) < 4.78 is 0. The molecule has 0 spiro atoms. The lowest BCUT2D eigenvalue weighted by molar-refractivity contribution is -0.118. The molecule has 0 aromatic heterocycles. The van der Waals surface area contributed by atoms with Gasteiger partial charge in [-0.15, -0.1) is 0 Å². The first-order valence-corrected chi connectivity index (χ1v) is 10.7. The van der Waals surface area contributed by atoms with Gasteiger partial charge in [0.15, 0.2) is 0 Å². The molecular weight excluding hydrogens is 417 g/mol. The largest absolute Gasteiger partial charge is 0.356 e. The lowest BCUT2D eigenvalue weighted by Gasteiger charge is -2.26. The highest BCUT2D eigenvalue weighted by molar-refractivity contribution is 6.30. The van der Waals surface area contributed by atoms with Crippen LogP contribution in [0.15, 0.2) is 84.9 Å². The minimum atomic E-state index is -0.117. The van der Waals surface area contributed by atoms with E-state index in [2.05, 4.69) is 10.6 Å². The van der Waals surface area contributed by atoms with E-state index in [1.165, 1.54) is 0 Å². The van der Waals surface area contributed by atoms with Crippen molar-refractivity contribution in [3.05, 3.63) is 106 Å². The van der Waals surface area contributed by atoms with Crippen molar-refractivity contribution in [3.8, 4) is 0 Å². The molecule has 2 heterocycles. The molecule has 1 amide bonds. The number of carbonyl (C=O) groups is 1. The number of nitrogens with one attached hydrogen (secondary N) is 2. The Morgan fingerprint density at radius 1 is 1.07 bits per heavy atom. The van der Waals surface area contributed by atoms with Gasteiger partial charge >= 0.3 is 0 Å². The highest BCUT2D eigenvalue weighted by Gasteiger charge is 2.28. The summed E-state index contributed by atoms with van der Waals surface area (Å²) in [5, 5.41) is 7.82. The topological polar surface area (TPSA) is 44.4 Å². The predicted molar refractivity (Wildman–Crippen MR) is 122 cm³/mol. The zero-order valence-electron chi connectivity index (χ0n) is 16.6. The Labute approximate surface area is 186 Å². The Morgan fingerprint density at radius 2 is 1.73 bits per heavy atom. The van der Waals surface area contributed by atoms with Crippen LogP contribution in [0.4, 0.5) is 0 Å². The standard InChI is InChI=1S/C24H23Cl2N3O/c1-16(27-24(30)22-15-29-13-3-2-4-23(29)28-22)21(18-7-11-20(26)12-8-18)14-17-5-9-19(25)10-6-17/h2-13,15-16,21,23,28H,14H2,1H3,(H,27,30)/t16-,21+,23?/m1/s1. The Kier molecular flexibility index (Phi) is 6.16. The lowest BCUT2D eigenvalue weighted by Crippen LogP contribution is -2.42. The Balaban J connectivity index is 1.51. The highest BCUT2D eigenvalue weighted by atomic mass is 35.5. The van der Waals surface area contributed by atoms with Crippen LogP contribution in [0.2, 0.25) is 10.0 Å². The maximum Gasteiger partial charge on any atom is 0.269 e. The summed E-state index contributed by atoms with van der Waals surface area (Å²) in [6, 6.07) is 15.6. The van der Waals surface area contributed by atoms with Gasteiger partial charge in [-0.1, -0.05) is 53.5 Å². The van der Waals surface area contributed by atoms with Gasteiger partial charge < -0.3 is 15.5 Å². The summed E-state index contributed by atoms with van der Waals surface area (Å²) in [7, 11) is 0. The van der Waals surface area contributed by atoms with E-state index >= 15 is 0 Å². The first-order valence-electron chi connectivity index (χ1n) is 9.91. The van der Waals surface area contributed by atoms with Gasteiger partial charge in [-0.25, -0.2) is 0 Å². The van der Waals surface area contributed by atoms with E-state index in [0.29, 0.717) is 15.7 Å². The van der Waals surface area contributed by atoms with E-state index in [1.807, 2.05) is 91.0 Å². The molecule has 0 fully saturated rings. The van der Waals surface area contributed by atoms with Crippen molar-refractivity contribution in [1.82, 2.24) is 15.5 Å². The van der Waals surface area contributed by atoms with E-state index in [-0.39, 0.29) is 24.0 Å². The number of amides is 1. The molecule has 0 saturated heterocycles. The molecule has 0 radical (unpaired) electrons. The molecule has 2 N–H and O–H groups in total. The molecule has 2 aromatic rings. The van der Waals surface area contributed by atoms with Crippen molar-refractivity contribution in [3.63, 3.8) is 0 Å². The Hall–Kier alpha value is -2.69. The molecule has 4 rings (SSSR count). The first-order chi connectivity index (χ1) is 14.5. The smallest absolute Gasteiger partial charge is 0.269 e. The molecule has 1 unspecified atom stereocenters. The van der Waals surface area contributed by atoms with Crippen LogP contribution in [0, 0.1) is 0 Å². The zero-order chi connectivity index (χ0) is 21.1. The van der Waals surface area contributed by atoms with Crippen LogP contribution in [0.1, 0.15) is 24.0 Å². The van der Waals surface area contributed by atoms with Crippen molar-refractivity contribution in [2.24, 2.45) is 0 Å². The van der Waals surface area contributed by atoms with Gasteiger partial charge in [-0.3, -0.25) is 4.79 Å². The molecule has 0 saturated carbocycles. The highest BCUT2D eigenvalue weighted by Crippen LogP contribution is 2.27. The minimum absolute atomic E-state index is 0.00724. The van der Waals surface area contributed by atoms with Gasteiger partial charge in [0.1, 0.15) is 11.9 Å². The van der Waals surface area contributed by atoms with Crippen molar-refractivity contribution < 1.29 is 4.79 Å². The molecule has 6 heteroatoms. The number of hydrogen-bond acceptors (Lipinski definition) is 3. The third-order valence-corrected chi connectivity index (χ3v) is 5.94. The lowest BCUT2D eigenvalue weighted by atomic mass is 9.86. The minimum Gasteiger partial charge on any atom is -0.356 e. The van der Waals surface area contributed by atoms with Gasteiger partial charge in [0.25, 0.3) is 5.91 Å². The fourth-order valence-corrected chi connectivity index (χ4v) is 4.03. The fourth-order valence-electron chi connectivity index (χ4n) is 3.78. The van der Waals surface area contributed by atoms with Crippen LogP contribution in [0.3, 0.4) is 0 Å². The fraction of sp³-hybridized carbons (Fsp3) is 0.208. The number of allylic oxidation sites excluding steroid dienone is 2. The predicted octanol–water partition coefficient (Wildman–Crippen LogP) is 4.98. The van der Waals surface area contributed by atoms with E-state index in [1.54, 1.807) is 0 Å². The van der Waals surface area contributed by atoms with Gasteiger partial charge in [0.05, 0.1) is 0 Å². The monoisotopic (exact) mass is 439 g/mol. The number of hydrogen-bond donors (Lipinski definition) is 2. The molecule has 0 bridgehead atoms. The number of benzene rings is 2. The van der Waals surface area contributed by atoms with Gasteiger partial charge in [0.2, 0.25) is 0 Å². The van der Waals surface area contributed by atoms with Crippen LogP contribution in [0.5, 0.6) is 0 Å². The Morgan fingerprint density at radius 3 is 2.40 bits per heavy atom. The van der Waals surface area contributed by atoms with Gasteiger partial charge in [0, 0.05) is 34.4 Å². The molecular formula is C24H23Cl2N3O. The SMILES string of the molecule is C[C@@H](NC(=O)C1=CN2C=CC=CC2N1)[C@H](Cc1ccc(Cl)cc1)c1ccc(Cl)cc1. The number of nitrogens with zero attached hydrogens (tertiary/aromatic N) is 1. The summed E-state index contributed by atoms with van der Waals surface area (Å²) in [6.45, 7) is 2.04. The summed E-state index contributed by atoms with van der Waals surface area (Å²) >= 11 is 12.1. The second-order valence-electron chi connectivity index (χ2n) is 7.56. The maximum atomic E-state index is 12.9. The zero-order valence-corrected chi connectivity index (χ0v) is 18.1. The molecule has 2 aromatic carbocycles. The normalized spacial score (nSPS) is 19.0. The third-order valence-electron chi connectivity index (χ3n) is 5.44. The van der Waals surface area contributed by atoms with E-state index in [0.717, 1.165) is 17.5 Å². The van der Waals surface area contributed by atoms with Crippen LogP contribution < -0.4 is 10.6 Å². The molecule has 3 atom stereocenters. The average molecular weight is 440 g/mol. The third kappa shape index (κ3) is 4.72. The van der Waals surface area contributed by atoms with Crippen molar-refractivity contribution in [2.75, 3.05) is 0 Å². The average Bonchev–Trinajstić information content (AvgIpc) is 3.18. The molecule has 4 nitrogen and oxygen atoms in total. The van der Waals surface area contributed by atoms with Crippen LogP contribution in [-0.4, -0.2) is 23.0 Å². The Bertz CT molecular complexity index is 996. The second-order valence-corrected chi connectivity index (χ2v) is 8.43. The van der Waals surface area contributed by atoms with Crippen LogP contribution in [0.25, 0.3) is 0 Å². The summed E-state index contributed by atoms with van der Waals surface area (Å²) in [5.74, 6) is -0.0365. The maximum absolute atomic E-state index is 12.9. The van der Waals surface area contributed by atoms with E-state index in [4.69, 9.17) is 23.2 Å². The van der Waals surface area contributed by atoms with Crippen LogP contribution >= 0.6 is 23.2 Å².